The first-order valence-corrected chi connectivity index (χ1v) is 11.3. The van der Waals surface area contributed by atoms with Gasteiger partial charge in [0.25, 0.3) is 0 Å². The van der Waals surface area contributed by atoms with Crippen LogP contribution in [0.15, 0.2) is 36.8 Å². The summed E-state index contributed by atoms with van der Waals surface area (Å²) in [6, 6.07) is 6.37. The Morgan fingerprint density at radius 1 is 1.22 bits per heavy atom. The maximum absolute atomic E-state index is 5.67. The van der Waals surface area contributed by atoms with Gasteiger partial charge in [-0.3, -0.25) is 4.68 Å². The summed E-state index contributed by atoms with van der Waals surface area (Å²) in [5, 5.41) is 5.75. The second-order valence-electron chi connectivity index (χ2n) is 8.42. The highest BCUT2D eigenvalue weighted by molar-refractivity contribution is 5.91. The van der Waals surface area contributed by atoms with Crippen LogP contribution in [0.3, 0.4) is 0 Å². The summed E-state index contributed by atoms with van der Waals surface area (Å²) < 4.78 is 7.55. The molecule has 1 atom stereocenters. The van der Waals surface area contributed by atoms with Crippen LogP contribution < -0.4 is 4.90 Å². The highest BCUT2D eigenvalue weighted by Gasteiger charge is 2.23. The van der Waals surface area contributed by atoms with E-state index in [0.29, 0.717) is 19.0 Å². The first-order valence-electron chi connectivity index (χ1n) is 11.3. The lowest BCUT2D eigenvalue weighted by Gasteiger charge is -2.34. The van der Waals surface area contributed by atoms with E-state index in [1.807, 2.05) is 30.1 Å². The number of hydrogen-bond acceptors (Lipinski definition) is 6. The average Bonchev–Trinajstić information content (AvgIpc) is 3.44. The van der Waals surface area contributed by atoms with Crippen molar-refractivity contribution in [1.82, 2.24) is 29.7 Å². The molecular formula is C24H29N7O. The van der Waals surface area contributed by atoms with Crippen LogP contribution in [-0.2, 0) is 18.2 Å². The minimum atomic E-state index is 0.248. The summed E-state index contributed by atoms with van der Waals surface area (Å²) >= 11 is 0. The number of pyridine rings is 1. The summed E-state index contributed by atoms with van der Waals surface area (Å²) in [5.41, 5.74) is 4.87. The number of H-pyrrole nitrogens is 1. The Kier molecular flexibility index (Phi) is 5.61. The summed E-state index contributed by atoms with van der Waals surface area (Å²) in [7, 11) is 1.97. The maximum Gasteiger partial charge on any atom is 0.162 e. The Bertz CT molecular complexity index is 1230. The molecule has 5 heterocycles. The smallest absolute Gasteiger partial charge is 0.162 e. The number of nitrogens with zero attached hydrogens (tertiary/aromatic N) is 6. The molecule has 8 nitrogen and oxygen atoms in total. The van der Waals surface area contributed by atoms with Gasteiger partial charge in [0.15, 0.2) is 5.82 Å². The first-order chi connectivity index (χ1) is 15.6. The second kappa shape index (κ2) is 8.70. The van der Waals surface area contributed by atoms with E-state index in [4.69, 9.17) is 19.8 Å². The molecule has 0 aromatic carbocycles. The van der Waals surface area contributed by atoms with Gasteiger partial charge >= 0.3 is 0 Å². The Balaban J connectivity index is 1.68. The molecule has 0 saturated carbocycles. The highest BCUT2D eigenvalue weighted by atomic mass is 16.5. The van der Waals surface area contributed by atoms with Crippen molar-refractivity contribution in [1.29, 1.82) is 0 Å². The van der Waals surface area contributed by atoms with Crippen LogP contribution in [0.4, 0.5) is 5.82 Å². The number of aromatic amines is 1. The fraction of sp³-hybridized carbons (Fsp3) is 0.417. The summed E-state index contributed by atoms with van der Waals surface area (Å²) in [6.45, 7) is 6.58. The molecule has 1 aliphatic heterocycles. The van der Waals surface area contributed by atoms with Crippen molar-refractivity contribution < 1.29 is 4.74 Å². The Labute approximate surface area is 187 Å². The molecule has 0 radical (unpaired) electrons. The molecule has 0 aliphatic carbocycles. The quantitative estimate of drug-likeness (QED) is 0.497. The third-order valence-corrected chi connectivity index (χ3v) is 6.02. The number of morpholine rings is 1. The van der Waals surface area contributed by atoms with E-state index in [2.05, 4.69) is 41.0 Å². The number of aromatic nitrogens is 6. The second-order valence-corrected chi connectivity index (χ2v) is 8.42. The van der Waals surface area contributed by atoms with Gasteiger partial charge in [0.05, 0.1) is 30.6 Å². The average molecular weight is 432 g/mol. The number of fused-ring (bicyclic) bond motifs is 1. The number of aryl methyl sites for hydroxylation is 2. The lowest BCUT2D eigenvalue weighted by atomic mass is 10.1. The Morgan fingerprint density at radius 2 is 2.12 bits per heavy atom. The lowest BCUT2D eigenvalue weighted by Crippen LogP contribution is -2.44. The van der Waals surface area contributed by atoms with E-state index in [1.54, 1.807) is 6.20 Å². The van der Waals surface area contributed by atoms with Gasteiger partial charge in [0.2, 0.25) is 0 Å². The fourth-order valence-electron chi connectivity index (χ4n) is 4.34. The van der Waals surface area contributed by atoms with E-state index >= 15 is 0 Å². The van der Waals surface area contributed by atoms with Crippen LogP contribution in [-0.4, -0.2) is 55.5 Å². The van der Waals surface area contributed by atoms with Crippen molar-refractivity contribution in [3.05, 3.63) is 42.5 Å². The Morgan fingerprint density at radius 3 is 2.97 bits per heavy atom. The first kappa shape index (κ1) is 20.6. The standard InChI is InChI=1S/C24H29N7O/c1-4-5-6-20-19(14-30(3)29-20)21-13-22(31-11-12-32-15-16(31)2)28-24(27-21)18-8-10-26-23-17(18)7-9-25-23/h7-10,13-14,16H,4-6,11-12,15H2,1-3H3,(H,25,26)/t16-/m1/s1. The van der Waals surface area contributed by atoms with Gasteiger partial charge in [-0.2, -0.15) is 5.10 Å². The van der Waals surface area contributed by atoms with Crippen molar-refractivity contribution in [3.8, 4) is 22.6 Å². The molecule has 0 bridgehead atoms. The number of rotatable bonds is 6. The topological polar surface area (TPSA) is 84.8 Å². The van der Waals surface area contributed by atoms with Crippen molar-refractivity contribution in [2.24, 2.45) is 7.05 Å². The van der Waals surface area contributed by atoms with Crippen LogP contribution >= 0.6 is 0 Å². The summed E-state index contributed by atoms with van der Waals surface area (Å²) in [5.74, 6) is 1.63. The number of ether oxygens (including phenoxy) is 1. The minimum absolute atomic E-state index is 0.248. The largest absolute Gasteiger partial charge is 0.377 e. The van der Waals surface area contributed by atoms with Gasteiger partial charge in [-0.1, -0.05) is 13.3 Å². The summed E-state index contributed by atoms with van der Waals surface area (Å²) in [6.07, 6.45) is 8.94. The van der Waals surface area contributed by atoms with Gasteiger partial charge in [-0.25, -0.2) is 15.0 Å². The third-order valence-electron chi connectivity index (χ3n) is 6.02. The van der Waals surface area contributed by atoms with Crippen molar-refractivity contribution in [3.63, 3.8) is 0 Å². The van der Waals surface area contributed by atoms with Crippen molar-refractivity contribution >= 4 is 16.9 Å². The van der Waals surface area contributed by atoms with Gasteiger partial charge in [0.1, 0.15) is 11.5 Å². The van der Waals surface area contributed by atoms with Crippen molar-refractivity contribution in [2.75, 3.05) is 24.7 Å². The molecule has 166 valence electrons. The molecule has 4 aromatic rings. The molecule has 32 heavy (non-hydrogen) atoms. The van der Waals surface area contributed by atoms with Crippen LogP contribution in [0.25, 0.3) is 33.7 Å². The third kappa shape index (κ3) is 3.86. The maximum atomic E-state index is 5.67. The molecule has 4 aromatic heterocycles. The van der Waals surface area contributed by atoms with E-state index in [0.717, 1.165) is 65.2 Å². The molecule has 0 unspecified atom stereocenters. The van der Waals surface area contributed by atoms with Crippen LogP contribution in [0, 0.1) is 0 Å². The van der Waals surface area contributed by atoms with E-state index < -0.39 is 0 Å². The van der Waals surface area contributed by atoms with E-state index in [-0.39, 0.29) is 6.04 Å². The number of hydrogen-bond donors (Lipinski definition) is 1. The van der Waals surface area contributed by atoms with Gasteiger partial charge in [-0.15, -0.1) is 0 Å². The van der Waals surface area contributed by atoms with Gasteiger partial charge < -0.3 is 14.6 Å². The predicted octanol–water partition coefficient (Wildman–Crippen LogP) is 3.99. The minimum Gasteiger partial charge on any atom is -0.377 e. The SMILES string of the molecule is CCCCc1nn(C)cc1-c1cc(N2CCOC[C@H]2C)nc(-c2ccnc3[nH]ccc23)n1. The normalized spacial score (nSPS) is 16.7. The van der Waals surface area contributed by atoms with Gasteiger partial charge in [-0.05, 0) is 31.9 Å². The molecule has 8 heteroatoms. The summed E-state index contributed by atoms with van der Waals surface area (Å²) in [4.78, 5) is 20.0. The van der Waals surface area contributed by atoms with Gasteiger partial charge in [0, 0.05) is 54.8 Å². The van der Waals surface area contributed by atoms with E-state index in [1.165, 1.54) is 0 Å². The monoisotopic (exact) mass is 431 g/mol. The Hall–Kier alpha value is -3.26. The van der Waals surface area contributed by atoms with Crippen molar-refractivity contribution in [2.45, 2.75) is 39.2 Å². The number of anilines is 1. The van der Waals surface area contributed by atoms with E-state index in [9.17, 15) is 0 Å². The molecule has 0 amide bonds. The fourth-order valence-corrected chi connectivity index (χ4v) is 4.34. The molecule has 1 N–H and O–H groups in total. The lowest BCUT2D eigenvalue weighted by molar-refractivity contribution is 0.0985. The highest BCUT2D eigenvalue weighted by Crippen LogP contribution is 2.32. The zero-order chi connectivity index (χ0) is 22.1. The van der Waals surface area contributed by atoms with Crippen LogP contribution in [0.1, 0.15) is 32.4 Å². The zero-order valence-electron chi connectivity index (χ0n) is 18.9. The molecule has 0 spiro atoms. The zero-order valence-corrected chi connectivity index (χ0v) is 18.9. The molecular weight excluding hydrogens is 402 g/mol. The van der Waals surface area contributed by atoms with Crippen LogP contribution in [0.2, 0.25) is 0 Å². The molecule has 1 aliphatic rings. The molecule has 1 saturated heterocycles. The molecule has 5 rings (SSSR count). The van der Waals surface area contributed by atoms with Crippen LogP contribution in [0.5, 0.6) is 0 Å². The number of nitrogens with one attached hydrogen (secondary N) is 1. The molecule has 1 fully saturated rings. The number of unbranched alkanes of at least 4 members (excludes halogenated alkanes) is 1. The predicted molar refractivity (Wildman–Crippen MR) is 126 cm³/mol.